The lowest BCUT2D eigenvalue weighted by Crippen LogP contribution is -1.94. The van der Waals surface area contributed by atoms with Crippen LogP contribution in [0.3, 0.4) is 0 Å². The molecule has 0 amide bonds. The summed E-state index contributed by atoms with van der Waals surface area (Å²) >= 11 is 5.91. The molecule has 0 bridgehead atoms. The number of hydrogen-bond donors (Lipinski definition) is 1. The molecule has 88 valence electrons. The number of hydrogen-bond acceptors (Lipinski definition) is 1. The van der Waals surface area contributed by atoms with Crippen molar-refractivity contribution in [1.82, 2.24) is 0 Å². The van der Waals surface area contributed by atoms with Gasteiger partial charge < -0.3 is 5.73 Å². The zero-order chi connectivity index (χ0) is 12.6. The highest BCUT2D eigenvalue weighted by atomic mass is 35.5. The summed E-state index contributed by atoms with van der Waals surface area (Å²) in [4.78, 5) is 0. The molecule has 0 unspecified atom stereocenters. The smallest absolute Gasteiger partial charge is 0.160 e. The van der Waals surface area contributed by atoms with Gasteiger partial charge in [0.25, 0.3) is 0 Å². The first kappa shape index (κ1) is 11.9. The van der Waals surface area contributed by atoms with Gasteiger partial charge in [0, 0.05) is 11.3 Å². The van der Waals surface area contributed by atoms with E-state index in [0.29, 0.717) is 16.8 Å². The second-order valence-corrected chi connectivity index (χ2v) is 4.17. The Bertz CT molecular complexity index is 582. The maximum absolute atomic E-state index is 13.2. The van der Waals surface area contributed by atoms with Gasteiger partial charge in [-0.05, 0) is 36.2 Å². The molecule has 0 spiro atoms. The minimum absolute atomic E-state index is 0.164. The molecule has 0 fully saturated rings. The van der Waals surface area contributed by atoms with Crippen molar-refractivity contribution in [2.75, 3.05) is 5.73 Å². The lowest BCUT2D eigenvalue weighted by molar-refractivity contribution is 0.509. The van der Waals surface area contributed by atoms with Crippen LogP contribution < -0.4 is 5.73 Å². The zero-order valence-corrected chi connectivity index (χ0v) is 9.85. The van der Waals surface area contributed by atoms with E-state index in [9.17, 15) is 8.78 Å². The highest BCUT2D eigenvalue weighted by Crippen LogP contribution is 2.33. The van der Waals surface area contributed by atoms with Gasteiger partial charge in [-0.2, -0.15) is 0 Å². The fourth-order valence-electron chi connectivity index (χ4n) is 1.67. The van der Waals surface area contributed by atoms with Gasteiger partial charge >= 0.3 is 0 Å². The standard InChI is InChI=1S/C13H10ClF2N/c1-7-8(3-2-4-13(7)17)9-5-11(15)12(16)6-10(9)14/h2-6H,17H2,1H3. The molecule has 0 saturated heterocycles. The average molecular weight is 254 g/mol. The van der Waals surface area contributed by atoms with Gasteiger partial charge in [0.2, 0.25) is 0 Å². The molecule has 0 aliphatic heterocycles. The summed E-state index contributed by atoms with van der Waals surface area (Å²) in [6, 6.07) is 7.31. The van der Waals surface area contributed by atoms with Crippen LogP contribution in [0.4, 0.5) is 14.5 Å². The van der Waals surface area contributed by atoms with E-state index >= 15 is 0 Å². The van der Waals surface area contributed by atoms with Gasteiger partial charge in [-0.15, -0.1) is 0 Å². The van der Waals surface area contributed by atoms with Crippen molar-refractivity contribution in [3.05, 3.63) is 52.6 Å². The van der Waals surface area contributed by atoms with Crippen molar-refractivity contribution in [2.24, 2.45) is 0 Å². The van der Waals surface area contributed by atoms with Gasteiger partial charge in [-0.1, -0.05) is 23.7 Å². The third kappa shape index (κ3) is 2.11. The molecule has 0 heterocycles. The fraction of sp³-hybridized carbons (Fsp3) is 0.0769. The van der Waals surface area contributed by atoms with E-state index in [-0.39, 0.29) is 5.02 Å². The third-order valence-corrected chi connectivity index (χ3v) is 2.99. The Morgan fingerprint density at radius 2 is 1.71 bits per heavy atom. The van der Waals surface area contributed by atoms with Crippen LogP contribution in [0, 0.1) is 18.6 Å². The van der Waals surface area contributed by atoms with Crippen molar-refractivity contribution < 1.29 is 8.78 Å². The highest BCUT2D eigenvalue weighted by molar-refractivity contribution is 6.33. The number of nitrogen functional groups attached to an aromatic ring is 1. The molecule has 2 aromatic rings. The van der Waals surface area contributed by atoms with Crippen LogP contribution in [0.1, 0.15) is 5.56 Å². The summed E-state index contributed by atoms with van der Waals surface area (Å²) in [5, 5.41) is 0.164. The minimum atomic E-state index is -0.958. The molecule has 1 nitrogen and oxygen atoms in total. The molecular weight excluding hydrogens is 244 g/mol. The Morgan fingerprint density at radius 1 is 1.06 bits per heavy atom. The maximum atomic E-state index is 13.2. The summed E-state index contributed by atoms with van der Waals surface area (Å²) in [5.74, 6) is -1.88. The van der Waals surface area contributed by atoms with Gasteiger partial charge in [0.05, 0.1) is 5.02 Å². The SMILES string of the molecule is Cc1c(N)cccc1-c1cc(F)c(F)cc1Cl. The normalized spacial score (nSPS) is 10.6. The van der Waals surface area contributed by atoms with Crippen molar-refractivity contribution in [3.63, 3.8) is 0 Å². The Morgan fingerprint density at radius 3 is 2.41 bits per heavy atom. The predicted molar refractivity (Wildman–Crippen MR) is 66.0 cm³/mol. The zero-order valence-electron chi connectivity index (χ0n) is 9.10. The van der Waals surface area contributed by atoms with E-state index in [1.54, 1.807) is 18.2 Å². The largest absolute Gasteiger partial charge is 0.398 e. The predicted octanol–water partition coefficient (Wildman–Crippen LogP) is 4.18. The molecule has 0 atom stereocenters. The molecule has 2 N–H and O–H groups in total. The Hall–Kier alpha value is -1.61. The lowest BCUT2D eigenvalue weighted by Gasteiger charge is -2.10. The van der Waals surface area contributed by atoms with Crippen LogP contribution in [0.25, 0.3) is 11.1 Å². The van der Waals surface area contributed by atoms with E-state index < -0.39 is 11.6 Å². The van der Waals surface area contributed by atoms with Crippen LogP contribution in [-0.4, -0.2) is 0 Å². The van der Waals surface area contributed by atoms with Gasteiger partial charge in [0.1, 0.15) is 0 Å². The number of rotatable bonds is 1. The first-order valence-electron chi connectivity index (χ1n) is 5.00. The monoisotopic (exact) mass is 253 g/mol. The van der Waals surface area contributed by atoms with Crippen LogP contribution in [-0.2, 0) is 0 Å². The molecule has 0 radical (unpaired) electrons. The minimum Gasteiger partial charge on any atom is -0.398 e. The summed E-state index contributed by atoms with van der Waals surface area (Å²) < 4.78 is 26.2. The highest BCUT2D eigenvalue weighted by Gasteiger charge is 2.12. The Kier molecular flexibility index (Phi) is 3.03. The Labute approximate surface area is 103 Å². The van der Waals surface area contributed by atoms with E-state index in [4.69, 9.17) is 17.3 Å². The van der Waals surface area contributed by atoms with Crippen molar-refractivity contribution >= 4 is 17.3 Å². The van der Waals surface area contributed by atoms with Crippen molar-refractivity contribution in [2.45, 2.75) is 6.92 Å². The van der Waals surface area contributed by atoms with Gasteiger partial charge in [0.15, 0.2) is 11.6 Å². The van der Waals surface area contributed by atoms with Gasteiger partial charge in [-0.3, -0.25) is 0 Å². The van der Waals surface area contributed by atoms with Crippen LogP contribution in [0.2, 0.25) is 5.02 Å². The van der Waals surface area contributed by atoms with Gasteiger partial charge in [-0.25, -0.2) is 8.78 Å². The summed E-state index contributed by atoms with van der Waals surface area (Å²) in [6.07, 6.45) is 0. The Balaban J connectivity index is 2.69. The van der Waals surface area contributed by atoms with E-state index in [0.717, 1.165) is 17.7 Å². The number of benzene rings is 2. The van der Waals surface area contributed by atoms with E-state index in [1.165, 1.54) is 0 Å². The molecule has 4 heteroatoms. The summed E-state index contributed by atoms with van der Waals surface area (Å²) in [7, 11) is 0. The molecule has 0 aromatic heterocycles. The first-order chi connectivity index (χ1) is 8.00. The van der Waals surface area contributed by atoms with Crippen molar-refractivity contribution in [3.8, 4) is 11.1 Å². The lowest BCUT2D eigenvalue weighted by atomic mass is 9.99. The second-order valence-electron chi connectivity index (χ2n) is 3.77. The molecule has 0 aliphatic carbocycles. The third-order valence-electron chi connectivity index (χ3n) is 2.68. The molecule has 17 heavy (non-hydrogen) atoms. The number of halogens is 3. The first-order valence-corrected chi connectivity index (χ1v) is 5.38. The van der Waals surface area contributed by atoms with Crippen LogP contribution in [0.5, 0.6) is 0 Å². The number of anilines is 1. The number of nitrogens with two attached hydrogens (primary N) is 1. The summed E-state index contributed by atoms with van der Waals surface area (Å²) in [5.41, 5.74) is 8.29. The maximum Gasteiger partial charge on any atom is 0.160 e. The summed E-state index contributed by atoms with van der Waals surface area (Å²) in [6.45, 7) is 1.81. The van der Waals surface area contributed by atoms with Crippen molar-refractivity contribution in [1.29, 1.82) is 0 Å². The topological polar surface area (TPSA) is 26.0 Å². The molecule has 0 aliphatic rings. The fourth-order valence-corrected chi connectivity index (χ4v) is 1.93. The van der Waals surface area contributed by atoms with Crippen LogP contribution >= 0.6 is 11.6 Å². The van der Waals surface area contributed by atoms with E-state index in [1.807, 2.05) is 6.92 Å². The quantitative estimate of drug-likeness (QED) is 0.599. The molecule has 2 aromatic carbocycles. The average Bonchev–Trinajstić information content (AvgIpc) is 2.28. The molecular formula is C13H10ClF2N. The second kappa shape index (κ2) is 4.34. The molecule has 0 saturated carbocycles. The molecule has 2 rings (SSSR count). The van der Waals surface area contributed by atoms with E-state index in [2.05, 4.69) is 0 Å². The van der Waals surface area contributed by atoms with Crippen LogP contribution in [0.15, 0.2) is 30.3 Å².